The van der Waals surface area contributed by atoms with E-state index in [2.05, 4.69) is 40.9 Å². The van der Waals surface area contributed by atoms with Crippen LogP contribution in [0.15, 0.2) is 6.20 Å². The number of anilines is 1. The molecule has 3 aromatic rings. The number of hydrogen-bond acceptors (Lipinski definition) is 6. The average Bonchev–Trinajstić information content (AvgIpc) is 3.05. The maximum Gasteiger partial charge on any atom is 0.146 e. The second kappa shape index (κ2) is 5.28. The molecular formula is C16H20N6S. The van der Waals surface area contributed by atoms with E-state index in [9.17, 15) is 0 Å². The molecule has 4 rings (SSSR count). The summed E-state index contributed by atoms with van der Waals surface area (Å²) in [5.74, 6) is 1.84. The van der Waals surface area contributed by atoms with Crippen LogP contribution in [0.5, 0.6) is 0 Å². The number of fused-ring (bicyclic) bond motifs is 2. The molecule has 3 aromatic heterocycles. The Morgan fingerprint density at radius 3 is 3.04 bits per heavy atom. The van der Waals surface area contributed by atoms with E-state index in [1.165, 1.54) is 21.7 Å². The summed E-state index contributed by atoms with van der Waals surface area (Å²) in [4.78, 5) is 13.9. The zero-order chi connectivity index (χ0) is 16.1. The predicted octanol–water partition coefficient (Wildman–Crippen LogP) is 2.73. The highest BCUT2D eigenvalue weighted by molar-refractivity contribution is 7.18. The zero-order valence-electron chi connectivity index (χ0n) is 13.6. The van der Waals surface area contributed by atoms with Crippen molar-refractivity contribution in [2.24, 2.45) is 0 Å². The summed E-state index contributed by atoms with van der Waals surface area (Å²) < 4.78 is 0. The first kappa shape index (κ1) is 14.6. The number of aromatic amines is 1. The molecule has 4 heterocycles. The van der Waals surface area contributed by atoms with E-state index in [1.807, 2.05) is 6.20 Å². The van der Waals surface area contributed by atoms with Crippen LogP contribution >= 0.6 is 11.3 Å². The summed E-state index contributed by atoms with van der Waals surface area (Å²) in [6, 6.07) is 0. The van der Waals surface area contributed by atoms with Crippen LogP contribution in [-0.2, 0) is 13.1 Å². The first-order valence-electron chi connectivity index (χ1n) is 7.79. The molecule has 120 valence electrons. The van der Waals surface area contributed by atoms with Crippen LogP contribution in [0.4, 0.5) is 5.82 Å². The van der Waals surface area contributed by atoms with Crippen molar-refractivity contribution >= 4 is 27.4 Å². The Morgan fingerprint density at radius 2 is 2.22 bits per heavy atom. The van der Waals surface area contributed by atoms with Crippen LogP contribution < -0.4 is 5.73 Å². The Morgan fingerprint density at radius 1 is 1.39 bits per heavy atom. The number of nitrogens with one attached hydrogen (secondary N) is 1. The van der Waals surface area contributed by atoms with Crippen LogP contribution in [0.25, 0.3) is 10.2 Å². The molecule has 0 aromatic carbocycles. The highest BCUT2D eigenvalue weighted by atomic mass is 32.1. The number of rotatable bonds is 2. The molecule has 0 bridgehead atoms. The fraction of sp³-hybridized carbons (Fsp3) is 0.438. The van der Waals surface area contributed by atoms with E-state index in [0.717, 1.165) is 29.1 Å². The van der Waals surface area contributed by atoms with Crippen LogP contribution in [0.2, 0.25) is 0 Å². The van der Waals surface area contributed by atoms with Crippen LogP contribution in [0.1, 0.15) is 40.4 Å². The molecule has 1 aliphatic rings. The van der Waals surface area contributed by atoms with E-state index in [0.29, 0.717) is 18.3 Å². The summed E-state index contributed by atoms with van der Waals surface area (Å²) in [6.45, 7) is 8.96. The molecule has 0 saturated heterocycles. The summed E-state index contributed by atoms with van der Waals surface area (Å²) in [6.07, 6.45) is 1.92. The average molecular weight is 328 g/mol. The van der Waals surface area contributed by atoms with Gasteiger partial charge in [0.2, 0.25) is 0 Å². The van der Waals surface area contributed by atoms with Crippen LogP contribution in [0.3, 0.4) is 0 Å². The lowest BCUT2D eigenvalue weighted by atomic mass is 9.98. The Balaban J connectivity index is 1.64. The zero-order valence-corrected chi connectivity index (χ0v) is 14.4. The molecule has 7 heteroatoms. The topological polar surface area (TPSA) is 83.7 Å². The van der Waals surface area contributed by atoms with E-state index >= 15 is 0 Å². The molecule has 0 fully saturated rings. The minimum Gasteiger partial charge on any atom is -0.383 e. The number of hydrogen-bond donors (Lipinski definition) is 2. The van der Waals surface area contributed by atoms with E-state index < -0.39 is 0 Å². The van der Waals surface area contributed by atoms with E-state index in [4.69, 9.17) is 10.7 Å². The highest BCUT2D eigenvalue weighted by Gasteiger charge is 2.25. The Labute approximate surface area is 138 Å². The van der Waals surface area contributed by atoms with Gasteiger partial charge in [0, 0.05) is 35.1 Å². The van der Waals surface area contributed by atoms with Crippen molar-refractivity contribution < 1.29 is 0 Å². The van der Waals surface area contributed by atoms with Gasteiger partial charge in [0.15, 0.2) is 0 Å². The van der Waals surface area contributed by atoms with Crippen molar-refractivity contribution in [1.29, 1.82) is 0 Å². The summed E-state index contributed by atoms with van der Waals surface area (Å²) in [7, 11) is 0. The molecule has 23 heavy (non-hydrogen) atoms. The summed E-state index contributed by atoms with van der Waals surface area (Å²) in [5, 5.41) is 8.28. The third kappa shape index (κ3) is 2.40. The number of nitrogen functional groups attached to an aromatic ring is 1. The Kier molecular flexibility index (Phi) is 3.35. The van der Waals surface area contributed by atoms with Crippen molar-refractivity contribution in [1.82, 2.24) is 25.1 Å². The second-order valence-electron chi connectivity index (χ2n) is 6.37. The summed E-state index contributed by atoms with van der Waals surface area (Å²) >= 11 is 1.69. The molecule has 0 saturated carbocycles. The van der Waals surface area contributed by atoms with Crippen molar-refractivity contribution in [3.05, 3.63) is 33.7 Å². The molecule has 3 N–H and O–H groups in total. The van der Waals surface area contributed by atoms with Gasteiger partial charge in [0.25, 0.3) is 0 Å². The van der Waals surface area contributed by atoms with Gasteiger partial charge in [-0.05, 0) is 19.4 Å². The molecule has 0 aliphatic carbocycles. The van der Waals surface area contributed by atoms with Gasteiger partial charge in [-0.3, -0.25) is 10.00 Å². The Bertz CT molecular complexity index is 880. The monoisotopic (exact) mass is 328 g/mol. The van der Waals surface area contributed by atoms with Crippen molar-refractivity contribution in [2.45, 2.75) is 39.8 Å². The van der Waals surface area contributed by atoms with Crippen molar-refractivity contribution in [3.63, 3.8) is 0 Å². The Hall–Kier alpha value is -1.99. The first-order chi connectivity index (χ1) is 11.0. The fourth-order valence-electron chi connectivity index (χ4n) is 3.38. The van der Waals surface area contributed by atoms with Gasteiger partial charge >= 0.3 is 0 Å². The smallest absolute Gasteiger partial charge is 0.146 e. The molecule has 0 spiro atoms. The lowest BCUT2D eigenvalue weighted by molar-refractivity contribution is 0.220. The lowest BCUT2D eigenvalue weighted by Crippen LogP contribution is -2.32. The molecule has 0 radical (unpaired) electrons. The van der Waals surface area contributed by atoms with Gasteiger partial charge in [-0.15, -0.1) is 11.3 Å². The third-order valence-corrected chi connectivity index (χ3v) is 5.74. The number of nitrogens with two attached hydrogens (primary N) is 1. The van der Waals surface area contributed by atoms with Crippen LogP contribution in [-0.4, -0.2) is 31.6 Å². The van der Waals surface area contributed by atoms with Gasteiger partial charge in [0.05, 0.1) is 18.1 Å². The lowest BCUT2D eigenvalue weighted by Gasteiger charge is -2.29. The van der Waals surface area contributed by atoms with Crippen LogP contribution in [0, 0.1) is 13.8 Å². The largest absolute Gasteiger partial charge is 0.383 e. The molecule has 0 amide bonds. The minimum atomic E-state index is 0.438. The van der Waals surface area contributed by atoms with Gasteiger partial charge in [-0.1, -0.05) is 6.92 Å². The number of H-pyrrole nitrogens is 1. The van der Waals surface area contributed by atoms with Crippen molar-refractivity contribution in [3.8, 4) is 0 Å². The molecule has 1 atom stereocenters. The normalized spacial score (nSPS) is 18.5. The standard InChI is InChI=1S/C16H20N6S/c1-8-5-22(6-11-4-18-21-14(8)11)7-12-19-15(17)13-9(2)10(3)23-16(13)20-12/h4,8H,5-7H2,1-3H3,(H,18,21)(H2,17,19,20). The van der Waals surface area contributed by atoms with E-state index in [1.54, 1.807) is 11.3 Å². The molecule has 1 unspecified atom stereocenters. The van der Waals surface area contributed by atoms with Gasteiger partial charge in [0.1, 0.15) is 16.5 Å². The van der Waals surface area contributed by atoms with Gasteiger partial charge in [-0.25, -0.2) is 9.97 Å². The first-order valence-corrected chi connectivity index (χ1v) is 8.61. The minimum absolute atomic E-state index is 0.438. The number of aromatic nitrogens is 4. The number of aryl methyl sites for hydroxylation is 2. The maximum atomic E-state index is 6.19. The van der Waals surface area contributed by atoms with Gasteiger partial charge in [-0.2, -0.15) is 5.10 Å². The molecular weight excluding hydrogens is 308 g/mol. The fourth-order valence-corrected chi connectivity index (χ4v) is 4.43. The number of thiophene rings is 1. The SMILES string of the molecule is Cc1sc2nc(CN3Cc4cn[nH]c4C(C)C3)nc(N)c2c1C. The van der Waals surface area contributed by atoms with Gasteiger partial charge < -0.3 is 5.73 Å². The van der Waals surface area contributed by atoms with E-state index in [-0.39, 0.29) is 0 Å². The van der Waals surface area contributed by atoms with Crippen molar-refractivity contribution in [2.75, 3.05) is 12.3 Å². The quantitative estimate of drug-likeness (QED) is 0.756. The summed E-state index contributed by atoms with van der Waals surface area (Å²) in [5.41, 5.74) is 9.90. The highest BCUT2D eigenvalue weighted by Crippen LogP contribution is 2.32. The number of nitrogens with zero attached hydrogens (tertiary/aromatic N) is 4. The molecule has 6 nitrogen and oxygen atoms in total. The second-order valence-corrected chi connectivity index (χ2v) is 7.57. The predicted molar refractivity (Wildman–Crippen MR) is 92.4 cm³/mol. The maximum absolute atomic E-state index is 6.19. The third-order valence-electron chi connectivity index (χ3n) is 4.64. The molecule has 1 aliphatic heterocycles.